The molecule has 0 aliphatic heterocycles. The number of hydrogen-bond donors (Lipinski definition) is 1. The van der Waals surface area contributed by atoms with Crippen molar-refractivity contribution >= 4 is 11.6 Å². The molecule has 0 radical (unpaired) electrons. The second-order valence-corrected chi connectivity index (χ2v) is 4.68. The molecule has 0 unspecified atom stereocenters. The quantitative estimate of drug-likeness (QED) is 0.747. The van der Waals surface area contributed by atoms with Gasteiger partial charge in [-0.15, -0.1) is 11.6 Å². The van der Waals surface area contributed by atoms with E-state index in [0.29, 0.717) is 12.4 Å². The molecule has 1 fully saturated rings. The normalized spacial score (nSPS) is 21.6. The number of rotatable bonds is 4. The fourth-order valence-electron chi connectivity index (χ4n) is 2.13. The van der Waals surface area contributed by atoms with Crippen molar-refractivity contribution in [3.63, 3.8) is 0 Å². The zero-order valence-electron chi connectivity index (χ0n) is 8.67. The summed E-state index contributed by atoms with van der Waals surface area (Å²) in [6.07, 6.45) is 1.11. The third kappa shape index (κ3) is 4.60. The van der Waals surface area contributed by atoms with E-state index in [9.17, 15) is 13.2 Å². The fraction of sp³-hybridized carbons (Fsp3) is 1.00. The van der Waals surface area contributed by atoms with Crippen LogP contribution in [0.1, 0.15) is 32.1 Å². The third-order valence-corrected chi connectivity index (χ3v) is 3.59. The largest absolute Gasteiger partial charge is 0.401 e. The number of hydrogen-bond acceptors (Lipinski definition) is 1. The molecule has 0 heterocycles. The number of nitrogens with one attached hydrogen (secondary N) is 1. The predicted octanol–water partition coefficient (Wildman–Crippen LogP) is 3.33. The summed E-state index contributed by atoms with van der Waals surface area (Å²) in [5, 5.41) is 2.48. The Morgan fingerprint density at radius 3 is 2.20 bits per heavy atom. The lowest BCUT2D eigenvalue weighted by Crippen LogP contribution is -2.41. The van der Waals surface area contributed by atoms with E-state index in [2.05, 4.69) is 5.32 Å². The molecule has 0 aromatic heterocycles. The van der Waals surface area contributed by atoms with E-state index in [1.54, 1.807) is 0 Å². The van der Waals surface area contributed by atoms with Gasteiger partial charge in [0.05, 0.1) is 6.54 Å². The molecule has 0 amide bonds. The molecular weight excluding hydrogens is 227 g/mol. The Morgan fingerprint density at radius 2 is 1.73 bits per heavy atom. The molecule has 0 atom stereocenters. The highest BCUT2D eigenvalue weighted by molar-refractivity contribution is 6.18. The Hall–Kier alpha value is 0.0400. The summed E-state index contributed by atoms with van der Waals surface area (Å²) in [4.78, 5) is 0. The van der Waals surface area contributed by atoms with Gasteiger partial charge in [-0.3, -0.25) is 0 Å². The van der Waals surface area contributed by atoms with E-state index in [0.717, 1.165) is 25.7 Å². The summed E-state index contributed by atoms with van der Waals surface area (Å²) in [5.41, 5.74) is -0.106. The van der Waals surface area contributed by atoms with Gasteiger partial charge in [-0.05, 0) is 18.3 Å². The van der Waals surface area contributed by atoms with Crippen molar-refractivity contribution in [2.45, 2.75) is 38.3 Å². The fourth-order valence-corrected chi connectivity index (χ4v) is 2.49. The highest BCUT2D eigenvalue weighted by Crippen LogP contribution is 2.36. The minimum absolute atomic E-state index is 0.106. The van der Waals surface area contributed by atoms with Crippen LogP contribution in [0.15, 0.2) is 0 Å². The maximum Gasteiger partial charge on any atom is 0.401 e. The van der Waals surface area contributed by atoms with Crippen LogP contribution in [-0.2, 0) is 0 Å². The van der Waals surface area contributed by atoms with Crippen LogP contribution < -0.4 is 5.32 Å². The average Bonchev–Trinajstić information content (AvgIpc) is 2.17. The molecule has 1 saturated carbocycles. The topological polar surface area (TPSA) is 12.0 Å². The molecule has 1 N–H and O–H groups in total. The maximum absolute atomic E-state index is 11.9. The molecule has 1 nitrogen and oxygen atoms in total. The van der Waals surface area contributed by atoms with Crippen molar-refractivity contribution in [1.82, 2.24) is 5.32 Å². The van der Waals surface area contributed by atoms with Crippen molar-refractivity contribution in [3.8, 4) is 0 Å². The van der Waals surface area contributed by atoms with Crippen LogP contribution in [0.4, 0.5) is 13.2 Å². The Kier molecular flexibility index (Phi) is 4.71. The van der Waals surface area contributed by atoms with Gasteiger partial charge >= 0.3 is 6.18 Å². The lowest BCUT2D eigenvalue weighted by atomic mass is 9.75. The minimum atomic E-state index is -4.12. The molecule has 15 heavy (non-hydrogen) atoms. The van der Waals surface area contributed by atoms with Gasteiger partial charge in [0, 0.05) is 12.4 Å². The Labute approximate surface area is 93.4 Å². The van der Waals surface area contributed by atoms with E-state index in [1.165, 1.54) is 6.42 Å². The summed E-state index contributed by atoms with van der Waals surface area (Å²) in [6.45, 7) is -0.526. The monoisotopic (exact) mass is 243 g/mol. The smallest absolute Gasteiger partial charge is 0.308 e. The number of alkyl halides is 4. The van der Waals surface area contributed by atoms with E-state index >= 15 is 0 Å². The highest BCUT2D eigenvalue weighted by atomic mass is 35.5. The van der Waals surface area contributed by atoms with Crippen molar-refractivity contribution < 1.29 is 13.2 Å². The maximum atomic E-state index is 11.9. The lowest BCUT2D eigenvalue weighted by Gasteiger charge is -2.35. The van der Waals surface area contributed by atoms with Gasteiger partial charge in [0.25, 0.3) is 0 Å². The van der Waals surface area contributed by atoms with Gasteiger partial charge in [-0.2, -0.15) is 13.2 Å². The molecule has 0 bridgehead atoms. The van der Waals surface area contributed by atoms with E-state index in [1.807, 2.05) is 0 Å². The molecule has 0 aromatic rings. The van der Waals surface area contributed by atoms with Crippen LogP contribution >= 0.6 is 11.6 Å². The summed E-state index contributed by atoms with van der Waals surface area (Å²) in [6, 6.07) is 0. The van der Waals surface area contributed by atoms with Crippen molar-refractivity contribution in [2.75, 3.05) is 19.0 Å². The molecule has 1 rings (SSSR count). The van der Waals surface area contributed by atoms with Gasteiger partial charge in [-0.25, -0.2) is 0 Å². The summed E-state index contributed by atoms with van der Waals surface area (Å²) in [7, 11) is 0. The van der Waals surface area contributed by atoms with Crippen LogP contribution in [0.25, 0.3) is 0 Å². The first-order valence-corrected chi connectivity index (χ1v) is 5.84. The first-order valence-electron chi connectivity index (χ1n) is 5.31. The van der Waals surface area contributed by atoms with Gasteiger partial charge in [0.15, 0.2) is 0 Å². The van der Waals surface area contributed by atoms with Crippen LogP contribution in [0.2, 0.25) is 0 Å². The Balaban J connectivity index is 2.33. The molecule has 0 aromatic carbocycles. The van der Waals surface area contributed by atoms with E-state index in [-0.39, 0.29) is 5.41 Å². The molecule has 90 valence electrons. The van der Waals surface area contributed by atoms with E-state index in [4.69, 9.17) is 11.6 Å². The van der Waals surface area contributed by atoms with Gasteiger partial charge in [-0.1, -0.05) is 19.3 Å². The van der Waals surface area contributed by atoms with Crippen molar-refractivity contribution in [1.29, 1.82) is 0 Å². The van der Waals surface area contributed by atoms with Crippen LogP contribution in [0.5, 0.6) is 0 Å². The van der Waals surface area contributed by atoms with Crippen LogP contribution in [-0.4, -0.2) is 25.1 Å². The zero-order chi connectivity index (χ0) is 11.4. The zero-order valence-corrected chi connectivity index (χ0v) is 9.42. The molecular formula is C10H17ClF3N. The lowest BCUT2D eigenvalue weighted by molar-refractivity contribution is -0.125. The summed E-state index contributed by atoms with van der Waals surface area (Å²) < 4.78 is 35.8. The van der Waals surface area contributed by atoms with Crippen LogP contribution in [0.3, 0.4) is 0 Å². The van der Waals surface area contributed by atoms with E-state index < -0.39 is 12.7 Å². The minimum Gasteiger partial charge on any atom is -0.308 e. The molecule has 1 aliphatic rings. The molecule has 5 heteroatoms. The van der Waals surface area contributed by atoms with Crippen molar-refractivity contribution in [3.05, 3.63) is 0 Å². The van der Waals surface area contributed by atoms with Gasteiger partial charge in [0.2, 0.25) is 0 Å². The summed E-state index contributed by atoms with van der Waals surface area (Å²) >= 11 is 5.87. The summed E-state index contributed by atoms with van der Waals surface area (Å²) in [5.74, 6) is 0.456. The Bertz CT molecular complexity index is 188. The van der Waals surface area contributed by atoms with Crippen LogP contribution in [0, 0.1) is 5.41 Å². The second kappa shape index (κ2) is 5.39. The standard InChI is InChI=1S/C10H17ClF3N/c11-6-9(4-2-1-3-5-9)7-15-8-10(12,13)14/h15H,1-8H2. The van der Waals surface area contributed by atoms with Gasteiger partial charge in [0.1, 0.15) is 0 Å². The first-order chi connectivity index (χ1) is 6.97. The molecule has 1 aliphatic carbocycles. The third-order valence-electron chi connectivity index (χ3n) is 3.02. The van der Waals surface area contributed by atoms with Gasteiger partial charge < -0.3 is 5.32 Å². The first kappa shape index (κ1) is 13.1. The Morgan fingerprint density at radius 1 is 1.13 bits per heavy atom. The average molecular weight is 244 g/mol. The number of halogens is 4. The highest BCUT2D eigenvalue weighted by Gasteiger charge is 2.33. The van der Waals surface area contributed by atoms with Crippen molar-refractivity contribution in [2.24, 2.45) is 5.41 Å². The SMILES string of the molecule is FC(F)(F)CNCC1(CCl)CCCCC1. The molecule has 0 spiro atoms. The molecule has 0 saturated heterocycles. The predicted molar refractivity (Wildman–Crippen MR) is 55.2 cm³/mol. The second-order valence-electron chi connectivity index (χ2n) is 4.41.